The summed E-state index contributed by atoms with van der Waals surface area (Å²) >= 11 is 0. The third-order valence-electron chi connectivity index (χ3n) is 6.78. The number of hydrazine groups is 2. The topological polar surface area (TPSA) is 125 Å². The van der Waals surface area contributed by atoms with Crippen molar-refractivity contribution in [1.82, 2.24) is 20.9 Å². The third-order valence-corrected chi connectivity index (χ3v) is 6.78. The molecule has 2 atom stereocenters. The van der Waals surface area contributed by atoms with E-state index in [2.05, 4.69) is 10.9 Å². The number of carbonyl (C=O) groups is 4. The smallest absolute Gasteiger partial charge is 0.238 e. The van der Waals surface area contributed by atoms with Crippen molar-refractivity contribution in [3.63, 3.8) is 0 Å². The molecule has 2 unspecified atom stereocenters. The van der Waals surface area contributed by atoms with Crippen molar-refractivity contribution in [3.8, 4) is 0 Å². The molecule has 0 aromatic carbocycles. The van der Waals surface area contributed by atoms with Crippen LogP contribution in [-0.4, -0.2) is 33.4 Å². The van der Waals surface area contributed by atoms with Gasteiger partial charge in [0.2, 0.25) is 11.8 Å². The molecule has 2 aliphatic carbocycles. The van der Waals surface area contributed by atoms with Gasteiger partial charge in [-0.2, -0.15) is 0 Å². The van der Waals surface area contributed by atoms with Gasteiger partial charge in [-0.1, -0.05) is 24.3 Å². The van der Waals surface area contributed by atoms with Gasteiger partial charge in [0.1, 0.15) is 23.6 Å². The first-order valence-electron chi connectivity index (χ1n) is 12.8. The summed E-state index contributed by atoms with van der Waals surface area (Å²) in [4.78, 5) is 47.3. The molecule has 2 amide bonds. The molecule has 2 saturated heterocycles. The summed E-state index contributed by atoms with van der Waals surface area (Å²) in [6.45, 7) is 2.96. The molecule has 4 heterocycles. The van der Waals surface area contributed by atoms with Crippen LogP contribution in [0.4, 0.5) is 0 Å². The minimum atomic E-state index is -0.225. The minimum absolute atomic E-state index is 0. The molecule has 214 valence electrons. The summed E-state index contributed by atoms with van der Waals surface area (Å²) in [7, 11) is 0. The largest absolute Gasteiger partial charge is 0.467 e. The molecule has 0 radical (unpaired) electrons. The fourth-order valence-corrected chi connectivity index (χ4v) is 4.89. The zero-order valence-electron chi connectivity index (χ0n) is 22.3. The maximum Gasteiger partial charge on any atom is 0.238 e. The summed E-state index contributed by atoms with van der Waals surface area (Å²) in [6.07, 6.45) is 17.8. The maximum atomic E-state index is 11.9. The molecule has 2 aromatic rings. The quantitative estimate of drug-likeness (QED) is 0.392. The average Bonchev–Trinajstić information content (AvgIpc) is 3.74. The van der Waals surface area contributed by atoms with Crippen LogP contribution in [-0.2, 0) is 35.7 Å². The number of hydrogen-bond donors (Lipinski definition) is 2. The molecule has 4 aliphatic rings. The normalized spacial score (nSPS) is 24.5. The van der Waals surface area contributed by atoms with Crippen molar-refractivity contribution in [3.05, 3.63) is 119 Å². The number of nitrogens with zero attached hydrogens (tertiary/aromatic N) is 2. The van der Waals surface area contributed by atoms with Crippen molar-refractivity contribution in [2.45, 2.75) is 38.8 Å². The first kappa shape index (κ1) is 29.4. The van der Waals surface area contributed by atoms with Crippen molar-refractivity contribution in [2.75, 3.05) is 0 Å². The predicted molar refractivity (Wildman–Crippen MR) is 144 cm³/mol. The molecular weight excluding hydrogens is 571 g/mol. The molecule has 2 N–H and O–H groups in total. The fourth-order valence-electron chi connectivity index (χ4n) is 4.89. The van der Waals surface area contributed by atoms with Gasteiger partial charge in [0, 0.05) is 65.7 Å². The Kier molecular flexibility index (Phi) is 9.09. The Balaban J connectivity index is 0.000000184. The molecule has 6 rings (SSSR count). The van der Waals surface area contributed by atoms with Gasteiger partial charge < -0.3 is 8.83 Å². The summed E-state index contributed by atoms with van der Waals surface area (Å²) < 4.78 is 10.8. The number of ketones is 2. The van der Waals surface area contributed by atoms with Crippen LogP contribution >= 0.6 is 0 Å². The van der Waals surface area contributed by atoms with Gasteiger partial charge >= 0.3 is 0 Å². The van der Waals surface area contributed by atoms with Gasteiger partial charge in [-0.25, -0.2) is 10.0 Å². The molecular formula is C30H28N4NiO6. The first-order chi connectivity index (χ1) is 19.3. The van der Waals surface area contributed by atoms with Gasteiger partial charge in [-0.15, -0.1) is 0 Å². The second kappa shape index (κ2) is 12.7. The zero-order chi connectivity index (χ0) is 28.2. The minimum Gasteiger partial charge on any atom is -0.467 e. The van der Waals surface area contributed by atoms with Gasteiger partial charge in [0.05, 0.1) is 12.5 Å². The molecule has 41 heavy (non-hydrogen) atoms. The van der Waals surface area contributed by atoms with Crippen LogP contribution in [0.25, 0.3) is 0 Å². The maximum absolute atomic E-state index is 11.9. The van der Waals surface area contributed by atoms with Crippen molar-refractivity contribution in [2.24, 2.45) is 0 Å². The van der Waals surface area contributed by atoms with Crippen LogP contribution in [0.3, 0.4) is 0 Å². The van der Waals surface area contributed by atoms with Crippen LogP contribution in [0.2, 0.25) is 0 Å². The molecule has 11 heteroatoms. The zero-order valence-corrected chi connectivity index (χ0v) is 23.3. The molecule has 0 saturated carbocycles. The second-order valence-electron chi connectivity index (χ2n) is 9.42. The Morgan fingerprint density at radius 1 is 0.707 bits per heavy atom. The number of furan rings is 2. The van der Waals surface area contributed by atoms with Gasteiger partial charge in [0.15, 0.2) is 11.6 Å². The predicted octanol–water partition coefficient (Wildman–Crippen LogP) is 4.05. The number of amides is 2. The number of allylic oxidation sites excluding steroid dienone is 10. The van der Waals surface area contributed by atoms with Gasteiger partial charge in [-0.05, 0) is 48.6 Å². The van der Waals surface area contributed by atoms with E-state index >= 15 is 0 Å². The second-order valence-corrected chi connectivity index (χ2v) is 9.42. The molecule has 2 aromatic heterocycles. The molecule has 2 fully saturated rings. The third kappa shape index (κ3) is 6.25. The molecule has 10 nitrogen and oxygen atoms in total. The Morgan fingerprint density at radius 3 is 1.41 bits per heavy atom. The van der Waals surface area contributed by atoms with E-state index in [1.54, 1.807) is 49.0 Å². The number of carbonyl (C=O) groups excluding carboxylic acids is 4. The van der Waals surface area contributed by atoms with Crippen molar-refractivity contribution in [1.29, 1.82) is 0 Å². The van der Waals surface area contributed by atoms with Crippen LogP contribution < -0.4 is 10.9 Å². The van der Waals surface area contributed by atoms with E-state index in [-0.39, 0.29) is 52.0 Å². The Morgan fingerprint density at radius 2 is 1.10 bits per heavy atom. The van der Waals surface area contributed by atoms with Crippen molar-refractivity contribution >= 4 is 23.4 Å². The van der Waals surface area contributed by atoms with E-state index in [0.717, 1.165) is 11.4 Å². The van der Waals surface area contributed by atoms with Gasteiger partial charge in [-0.3, -0.25) is 30.0 Å². The van der Waals surface area contributed by atoms with Gasteiger partial charge in [0.25, 0.3) is 0 Å². The van der Waals surface area contributed by atoms with E-state index in [4.69, 9.17) is 8.83 Å². The Hall–Kier alpha value is -4.63. The number of nitrogens with one attached hydrogen (secondary N) is 2. The van der Waals surface area contributed by atoms with Crippen LogP contribution in [0, 0.1) is 0 Å². The molecule has 0 spiro atoms. The monoisotopic (exact) mass is 598 g/mol. The van der Waals surface area contributed by atoms with Crippen LogP contribution in [0.5, 0.6) is 0 Å². The number of rotatable bonds is 2. The van der Waals surface area contributed by atoms with E-state index in [0.29, 0.717) is 35.5 Å². The average molecular weight is 599 g/mol. The Labute approximate surface area is 246 Å². The van der Waals surface area contributed by atoms with Crippen molar-refractivity contribution < 1.29 is 44.5 Å². The SMILES string of the molecule is CC(=O)N1N/C(=C2/C=CC=CC2=O)CC1c1ccco1.CC(=O)N1N/C(=C2/C=CC=CC2=O)CC1c1ccco1.[Ni]. The van der Waals surface area contributed by atoms with E-state index in [1.807, 2.05) is 24.3 Å². The van der Waals surface area contributed by atoms with Crippen LogP contribution in [0.15, 0.2) is 117 Å². The number of hydrogen-bond acceptors (Lipinski definition) is 8. The molecule has 2 aliphatic heterocycles. The fraction of sp³-hybridized carbons (Fsp3) is 0.200. The van der Waals surface area contributed by atoms with Crippen LogP contribution in [0.1, 0.15) is 50.3 Å². The summed E-state index contributed by atoms with van der Waals surface area (Å²) in [6, 6.07) is 6.78. The summed E-state index contributed by atoms with van der Waals surface area (Å²) in [5.41, 5.74) is 8.72. The Bertz CT molecular complexity index is 1400. The van der Waals surface area contributed by atoms with E-state index < -0.39 is 0 Å². The standard InChI is InChI=1S/2C15H14N2O3.Ni/c2*1-10(18)17-13(15-7-4-8-20-15)9-12(16-17)11-5-2-3-6-14(11)19;/h2*2-8,13,16H,9H2,1H3;/b2*12-11-;. The summed E-state index contributed by atoms with van der Waals surface area (Å²) in [5.74, 6) is 1.05. The molecule has 0 bridgehead atoms. The first-order valence-corrected chi connectivity index (χ1v) is 12.8. The van der Waals surface area contributed by atoms with E-state index in [1.165, 1.54) is 36.0 Å². The summed E-state index contributed by atoms with van der Waals surface area (Å²) in [5, 5.41) is 3.00. The van der Waals surface area contributed by atoms with E-state index in [9.17, 15) is 19.2 Å².